The summed E-state index contributed by atoms with van der Waals surface area (Å²) in [6.07, 6.45) is 2.29. The lowest BCUT2D eigenvalue weighted by molar-refractivity contribution is 0.116. The standard InChI is InChI=1S/C20H34O6Si2/c1-27(21,11-3-9-23-13-17-15-25-17)19-5-7-20(8-6-19)28(2,22)12-4-10-24-14-18-16-26-18/h5-8,17-18,21-22H,3-4,9-16H2,1-2H3. The van der Waals surface area contributed by atoms with Gasteiger partial charge in [-0.1, -0.05) is 24.3 Å². The van der Waals surface area contributed by atoms with Crippen LogP contribution in [-0.4, -0.2) is 78.1 Å². The second-order valence-corrected chi connectivity index (χ2v) is 15.6. The molecule has 1 aromatic rings. The van der Waals surface area contributed by atoms with Gasteiger partial charge in [-0.2, -0.15) is 0 Å². The van der Waals surface area contributed by atoms with Crippen molar-refractivity contribution in [2.45, 2.75) is 50.2 Å². The summed E-state index contributed by atoms with van der Waals surface area (Å²) >= 11 is 0. The zero-order valence-electron chi connectivity index (χ0n) is 17.1. The average molecular weight is 427 g/mol. The molecular formula is C20H34O6Si2. The summed E-state index contributed by atoms with van der Waals surface area (Å²) in [5, 5.41) is 2.03. The van der Waals surface area contributed by atoms with Crippen molar-refractivity contribution in [1.82, 2.24) is 0 Å². The molecule has 6 nitrogen and oxygen atoms in total. The molecule has 0 aromatic heterocycles. The molecule has 2 aliphatic rings. The third kappa shape index (κ3) is 7.34. The van der Waals surface area contributed by atoms with E-state index in [1.54, 1.807) is 0 Å². The van der Waals surface area contributed by atoms with Crippen LogP contribution in [0.3, 0.4) is 0 Å². The Morgan fingerprint density at radius 1 is 0.821 bits per heavy atom. The summed E-state index contributed by atoms with van der Waals surface area (Å²) in [6, 6.07) is 9.55. The van der Waals surface area contributed by atoms with Crippen LogP contribution < -0.4 is 10.4 Å². The molecule has 4 atom stereocenters. The number of ether oxygens (including phenoxy) is 4. The van der Waals surface area contributed by atoms with Gasteiger partial charge >= 0.3 is 0 Å². The van der Waals surface area contributed by atoms with Gasteiger partial charge in [0, 0.05) is 13.2 Å². The number of benzene rings is 1. The lowest BCUT2D eigenvalue weighted by atomic mass is 10.4. The molecule has 1 aromatic carbocycles. The largest absolute Gasteiger partial charge is 0.428 e. The first-order valence-electron chi connectivity index (χ1n) is 10.3. The van der Waals surface area contributed by atoms with Gasteiger partial charge in [0.1, 0.15) is 12.2 Å². The number of hydrogen-bond donors (Lipinski definition) is 2. The fourth-order valence-electron chi connectivity index (χ4n) is 3.27. The average Bonchev–Trinajstić information content (AvgIpc) is 3.56. The van der Waals surface area contributed by atoms with Crippen LogP contribution in [0.2, 0.25) is 25.2 Å². The van der Waals surface area contributed by atoms with Crippen LogP contribution in [0.15, 0.2) is 24.3 Å². The summed E-state index contributed by atoms with van der Waals surface area (Å²) in [6.45, 7) is 8.23. The Morgan fingerprint density at radius 2 is 1.18 bits per heavy atom. The smallest absolute Gasteiger partial charge is 0.217 e. The summed E-state index contributed by atoms with van der Waals surface area (Å²) in [5.74, 6) is 0. The Kier molecular flexibility index (Phi) is 7.85. The number of epoxide rings is 2. The first kappa shape index (κ1) is 22.1. The van der Waals surface area contributed by atoms with Crippen LogP contribution in [-0.2, 0) is 18.9 Å². The Hall–Kier alpha value is -0.586. The SMILES string of the molecule is C[Si](O)(CCCOCC1CO1)c1ccc([Si](C)(O)CCCOCC2CO2)cc1. The van der Waals surface area contributed by atoms with Gasteiger partial charge in [-0.15, -0.1) is 0 Å². The molecule has 0 saturated carbocycles. The predicted octanol–water partition coefficient (Wildman–Crippen LogP) is 0.847. The first-order chi connectivity index (χ1) is 13.4. The minimum atomic E-state index is -2.47. The van der Waals surface area contributed by atoms with Gasteiger partial charge in [0.15, 0.2) is 0 Å². The fourth-order valence-corrected chi connectivity index (χ4v) is 7.28. The molecule has 0 spiro atoms. The Balaban J connectivity index is 1.40. The maximum absolute atomic E-state index is 10.9. The summed E-state index contributed by atoms with van der Waals surface area (Å²) in [5.41, 5.74) is 0. The number of rotatable bonds is 14. The van der Waals surface area contributed by atoms with Gasteiger partial charge in [0.25, 0.3) is 0 Å². The lowest BCUT2D eigenvalue weighted by Gasteiger charge is -2.24. The van der Waals surface area contributed by atoms with Crippen molar-refractivity contribution in [1.29, 1.82) is 0 Å². The second-order valence-electron chi connectivity index (χ2n) is 8.39. The van der Waals surface area contributed by atoms with Gasteiger partial charge in [-0.3, -0.25) is 0 Å². The van der Waals surface area contributed by atoms with Gasteiger partial charge in [0.05, 0.1) is 26.4 Å². The van der Waals surface area contributed by atoms with Gasteiger partial charge in [-0.05, 0) is 48.4 Å². The highest BCUT2D eigenvalue weighted by Crippen LogP contribution is 2.14. The molecule has 4 unspecified atom stereocenters. The van der Waals surface area contributed by atoms with Gasteiger partial charge in [0.2, 0.25) is 16.6 Å². The Labute approximate surface area is 170 Å². The Bertz CT molecular complexity index is 546. The third-order valence-corrected chi connectivity index (χ3v) is 11.3. The normalized spacial score (nSPS) is 25.1. The molecule has 2 saturated heterocycles. The van der Waals surface area contributed by atoms with E-state index in [4.69, 9.17) is 18.9 Å². The van der Waals surface area contributed by atoms with E-state index >= 15 is 0 Å². The zero-order chi connectivity index (χ0) is 20.0. The van der Waals surface area contributed by atoms with E-state index in [0.717, 1.165) is 48.5 Å². The Morgan fingerprint density at radius 3 is 1.50 bits per heavy atom. The van der Waals surface area contributed by atoms with Gasteiger partial charge in [-0.25, -0.2) is 0 Å². The van der Waals surface area contributed by atoms with Crippen molar-refractivity contribution in [2.75, 3.05) is 39.6 Å². The van der Waals surface area contributed by atoms with E-state index in [-0.39, 0.29) is 0 Å². The second kappa shape index (κ2) is 9.95. The van der Waals surface area contributed by atoms with Gasteiger partial charge < -0.3 is 28.5 Å². The van der Waals surface area contributed by atoms with Crippen LogP contribution in [0.25, 0.3) is 0 Å². The van der Waals surface area contributed by atoms with Crippen molar-refractivity contribution in [3.8, 4) is 0 Å². The maximum Gasteiger partial charge on any atom is 0.217 e. The van der Waals surface area contributed by atoms with E-state index in [9.17, 15) is 9.59 Å². The molecule has 2 aliphatic heterocycles. The first-order valence-corrected chi connectivity index (χ1v) is 15.6. The quantitative estimate of drug-likeness (QED) is 0.261. The van der Waals surface area contributed by atoms with Crippen LogP contribution in [0.4, 0.5) is 0 Å². The summed E-state index contributed by atoms with van der Waals surface area (Å²) in [7, 11) is -4.95. The molecule has 28 heavy (non-hydrogen) atoms. The van der Waals surface area contributed by atoms with E-state index in [1.165, 1.54) is 0 Å². The molecule has 0 amide bonds. The van der Waals surface area contributed by atoms with Crippen molar-refractivity contribution >= 4 is 27.0 Å². The van der Waals surface area contributed by atoms with E-state index < -0.39 is 16.6 Å². The lowest BCUT2D eigenvalue weighted by Crippen LogP contribution is -2.48. The molecule has 2 fully saturated rings. The summed E-state index contributed by atoms with van der Waals surface area (Å²) in [4.78, 5) is 21.9. The van der Waals surface area contributed by atoms with Crippen molar-refractivity contribution in [3.63, 3.8) is 0 Å². The molecular weight excluding hydrogens is 392 g/mol. The van der Waals surface area contributed by atoms with Crippen molar-refractivity contribution in [3.05, 3.63) is 24.3 Å². The number of hydrogen-bond acceptors (Lipinski definition) is 6. The van der Waals surface area contributed by atoms with Crippen LogP contribution in [0, 0.1) is 0 Å². The molecule has 8 heteroatoms. The molecule has 2 heterocycles. The molecule has 2 N–H and O–H groups in total. The summed E-state index contributed by atoms with van der Waals surface area (Å²) < 4.78 is 21.4. The van der Waals surface area contributed by atoms with Crippen molar-refractivity contribution in [2.24, 2.45) is 0 Å². The highest BCUT2D eigenvalue weighted by atomic mass is 28.4. The van der Waals surface area contributed by atoms with E-state index in [0.29, 0.717) is 38.6 Å². The topological polar surface area (TPSA) is 84.0 Å². The van der Waals surface area contributed by atoms with Crippen molar-refractivity contribution < 1.29 is 28.5 Å². The minimum Gasteiger partial charge on any atom is -0.428 e. The highest BCUT2D eigenvalue weighted by Gasteiger charge is 2.30. The highest BCUT2D eigenvalue weighted by molar-refractivity contribution is 6.85. The zero-order valence-corrected chi connectivity index (χ0v) is 19.1. The maximum atomic E-state index is 10.9. The molecule has 3 rings (SSSR count). The minimum absolute atomic E-state index is 0.293. The van der Waals surface area contributed by atoms with E-state index in [1.807, 2.05) is 37.4 Å². The van der Waals surface area contributed by atoms with Crippen LogP contribution >= 0.6 is 0 Å². The molecule has 0 radical (unpaired) electrons. The monoisotopic (exact) mass is 426 g/mol. The van der Waals surface area contributed by atoms with Crippen LogP contribution in [0.1, 0.15) is 12.8 Å². The molecule has 0 aliphatic carbocycles. The predicted molar refractivity (Wildman–Crippen MR) is 113 cm³/mol. The molecule has 158 valence electrons. The molecule has 0 bridgehead atoms. The van der Waals surface area contributed by atoms with E-state index in [2.05, 4.69) is 0 Å². The fraction of sp³-hybridized carbons (Fsp3) is 0.700. The van der Waals surface area contributed by atoms with Crippen LogP contribution in [0.5, 0.6) is 0 Å². The third-order valence-electron chi connectivity index (χ3n) is 5.45.